The molecule has 0 aromatic heterocycles. The highest BCUT2D eigenvalue weighted by Gasteiger charge is 2.11. The second-order valence-corrected chi connectivity index (χ2v) is 4.69. The molecule has 94 valence electrons. The highest BCUT2D eigenvalue weighted by Crippen LogP contribution is 2.28. The van der Waals surface area contributed by atoms with E-state index in [1.807, 2.05) is 0 Å². The van der Waals surface area contributed by atoms with Crippen LogP contribution < -0.4 is 10.6 Å². The third-order valence-electron chi connectivity index (χ3n) is 1.91. The van der Waals surface area contributed by atoms with E-state index in [4.69, 9.17) is 16.7 Å². The van der Waals surface area contributed by atoms with Gasteiger partial charge in [0.1, 0.15) is 5.82 Å². The molecule has 1 unspecified atom stereocenters. The molecule has 0 spiro atoms. The average Bonchev–Trinajstić information content (AvgIpc) is 2.25. The second-order valence-electron chi connectivity index (χ2n) is 3.43. The van der Waals surface area contributed by atoms with Crippen LogP contribution in [0.4, 0.5) is 14.9 Å². The van der Waals surface area contributed by atoms with Gasteiger partial charge in [-0.1, -0.05) is 11.6 Å². The van der Waals surface area contributed by atoms with Gasteiger partial charge in [0, 0.05) is 0 Å². The van der Waals surface area contributed by atoms with E-state index in [9.17, 15) is 9.18 Å². The number of carbonyl (C=O) groups excluding carboxylic acids is 1. The molecular weight excluding hydrogens is 314 g/mol. The number of halogens is 3. The Balaban J connectivity index is 2.75. The Hall–Kier alpha value is -0.850. The zero-order chi connectivity index (χ0) is 13.0. The van der Waals surface area contributed by atoms with Gasteiger partial charge < -0.3 is 15.7 Å². The monoisotopic (exact) mass is 324 g/mol. The predicted octanol–water partition coefficient (Wildman–Crippen LogP) is 2.74. The molecule has 0 radical (unpaired) electrons. The van der Waals surface area contributed by atoms with Crippen molar-refractivity contribution in [3.05, 3.63) is 27.4 Å². The Morgan fingerprint density at radius 2 is 2.29 bits per heavy atom. The Labute approximate surface area is 111 Å². The number of aliphatic hydroxyl groups is 1. The van der Waals surface area contributed by atoms with Crippen LogP contribution in [-0.2, 0) is 0 Å². The lowest BCUT2D eigenvalue weighted by Gasteiger charge is -2.13. The van der Waals surface area contributed by atoms with Gasteiger partial charge in [-0.25, -0.2) is 9.18 Å². The van der Waals surface area contributed by atoms with Crippen LogP contribution in [0.25, 0.3) is 0 Å². The molecule has 0 saturated heterocycles. The summed E-state index contributed by atoms with van der Waals surface area (Å²) in [5.41, 5.74) is 0.280. The van der Waals surface area contributed by atoms with E-state index in [1.54, 1.807) is 6.92 Å². The highest BCUT2D eigenvalue weighted by atomic mass is 79.9. The molecule has 0 aliphatic rings. The summed E-state index contributed by atoms with van der Waals surface area (Å²) in [6.45, 7) is 1.47. The summed E-state index contributed by atoms with van der Waals surface area (Å²) in [7, 11) is 0. The van der Waals surface area contributed by atoms with Crippen molar-refractivity contribution >= 4 is 39.2 Å². The first-order valence-corrected chi connectivity index (χ1v) is 5.94. The van der Waals surface area contributed by atoms with Crippen molar-refractivity contribution in [3.8, 4) is 0 Å². The molecule has 0 fully saturated rings. The number of carbonyl (C=O) groups is 1. The molecule has 0 bridgehead atoms. The molecule has 7 heteroatoms. The third-order valence-corrected chi connectivity index (χ3v) is 2.83. The number of amides is 2. The summed E-state index contributed by atoms with van der Waals surface area (Å²) in [4.78, 5) is 11.4. The van der Waals surface area contributed by atoms with Crippen molar-refractivity contribution in [2.75, 3.05) is 11.9 Å². The van der Waals surface area contributed by atoms with Gasteiger partial charge in [-0.05, 0) is 35.0 Å². The Morgan fingerprint density at radius 3 is 2.88 bits per heavy atom. The fourth-order valence-corrected chi connectivity index (χ4v) is 1.59. The van der Waals surface area contributed by atoms with Crippen molar-refractivity contribution in [2.45, 2.75) is 13.0 Å². The zero-order valence-corrected chi connectivity index (χ0v) is 11.3. The van der Waals surface area contributed by atoms with Crippen LogP contribution in [0.15, 0.2) is 16.6 Å². The molecule has 2 amide bonds. The van der Waals surface area contributed by atoms with E-state index in [2.05, 4.69) is 26.6 Å². The van der Waals surface area contributed by atoms with Crippen LogP contribution in [0.1, 0.15) is 6.92 Å². The van der Waals surface area contributed by atoms with Crippen molar-refractivity contribution in [1.82, 2.24) is 5.32 Å². The molecule has 1 atom stereocenters. The molecule has 0 aliphatic heterocycles. The van der Waals surface area contributed by atoms with Gasteiger partial charge in [0.2, 0.25) is 0 Å². The number of anilines is 1. The first-order valence-electron chi connectivity index (χ1n) is 4.77. The number of aliphatic hydroxyl groups excluding tert-OH is 1. The van der Waals surface area contributed by atoms with Gasteiger partial charge in [-0.2, -0.15) is 0 Å². The fraction of sp³-hybridized carbons (Fsp3) is 0.300. The minimum atomic E-state index is -0.521. The van der Waals surface area contributed by atoms with Crippen LogP contribution in [0.3, 0.4) is 0 Å². The highest BCUT2D eigenvalue weighted by molar-refractivity contribution is 9.10. The smallest absolute Gasteiger partial charge is 0.319 e. The molecular formula is C10H11BrClFN2O2. The summed E-state index contributed by atoms with van der Waals surface area (Å²) in [5, 5.41) is 13.8. The summed E-state index contributed by atoms with van der Waals surface area (Å²) in [6, 6.07) is 1.56. The van der Waals surface area contributed by atoms with Crippen LogP contribution in [0, 0.1) is 5.82 Å². The van der Waals surface area contributed by atoms with E-state index in [1.165, 1.54) is 6.07 Å². The van der Waals surface area contributed by atoms with Gasteiger partial charge in [0.25, 0.3) is 0 Å². The quantitative estimate of drug-likeness (QED) is 0.748. The van der Waals surface area contributed by atoms with Gasteiger partial charge in [-0.15, -0.1) is 0 Å². The van der Waals surface area contributed by atoms with E-state index in [-0.39, 0.29) is 27.8 Å². The molecule has 17 heavy (non-hydrogen) atoms. The summed E-state index contributed by atoms with van der Waals surface area (Å²) in [6.07, 6.45) is 0. The first kappa shape index (κ1) is 14.2. The van der Waals surface area contributed by atoms with Crippen molar-refractivity contribution in [2.24, 2.45) is 0 Å². The average molecular weight is 326 g/mol. The van der Waals surface area contributed by atoms with Crippen LogP contribution in [0.5, 0.6) is 0 Å². The maximum absolute atomic E-state index is 13.1. The Bertz CT molecular complexity index is 431. The molecule has 4 nitrogen and oxygen atoms in total. The van der Waals surface area contributed by atoms with E-state index < -0.39 is 11.8 Å². The molecule has 3 N–H and O–H groups in total. The molecule has 0 aliphatic carbocycles. The van der Waals surface area contributed by atoms with Crippen LogP contribution >= 0.6 is 27.5 Å². The number of benzene rings is 1. The van der Waals surface area contributed by atoms with Crippen molar-refractivity contribution in [1.29, 1.82) is 0 Å². The molecule has 1 rings (SSSR count). The number of nitrogens with one attached hydrogen (secondary N) is 2. The number of urea groups is 1. The standard InChI is InChI=1S/C10H11BrClFN2O2/c1-5(4-16)14-10(17)15-9-2-6(11)8(13)3-7(9)12/h2-3,5,16H,4H2,1H3,(H2,14,15,17). The Morgan fingerprint density at radius 1 is 1.65 bits per heavy atom. The first-order chi connectivity index (χ1) is 7.93. The summed E-state index contributed by atoms with van der Waals surface area (Å²) in [5.74, 6) is -0.510. The molecule has 1 aromatic rings. The van der Waals surface area contributed by atoms with Gasteiger partial charge in [0.05, 0.1) is 27.8 Å². The van der Waals surface area contributed by atoms with Gasteiger partial charge in [0.15, 0.2) is 0 Å². The van der Waals surface area contributed by atoms with Gasteiger partial charge >= 0.3 is 6.03 Å². The zero-order valence-electron chi connectivity index (χ0n) is 8.93. The third kappa shape index (κ3) is 4.14. The van der Waals surface area contributed by atoms with E-state index in [0.29, 0.717) is 0 Å². The number of hydrogen-bond donors (Lipinski definition) is 3. The summed E-state index contributed by atoms with van der Waals surface area (Å²) >= 11 is 8.75. The fourth-order valence-electron chi connectivity index (χ4n) is 1.05. The predicted molar refractivity (Wildman–Crippen MR) is 67.8 cm³/mol. The maximum Gasteiger partial charge on any atom is 0.319 e. The molecule has 0 saturated carbocycles. The lowest BCUT2D eigenvalue weighted by molar-refractivity contribution is 0.229. The van der Waals surface area contributed by atoms with Crippen molar-refractivity contribution in [3.63, 3.8) is 0 Å². The second kappa shape index (κ2) is 6.18. The van der Waals surface area contributed by atoms with E-state index in [0.717, 1.165) is 6.07 Å². The normalized spacial score (nSPS) is 12.1. The van der Waals surface area contributed by atoms with Gasteiger partial charge in [-0.3, -0.25) is 0 Å². The lowest BCUT2D eigenvalue weighted by Crippen LogP contribution is -2.38. The Kier molecular flexibility index (Phi) is 5.17. The maximum atomic E-state index is 13.1. The molecule has 1 aromatic carbocycles. The minimum absolute atomic E-state index is 0.0949. The van der Waals surface area contributed by atoms with E-state index >= 15 is 0 Å². The number of hydrogen-bond acceptors (Lipinski definition) is 2. The van der Waals surface area contributed by atoms with Crippen molar-refractivity contribution < 1.29 is 14.3 Å². The minimum Gasteiger partial charge on any atom is -0.394 e. The largest absolute Gasteiger partial charge is 0.394 e. The van der Waals surface area contributed by atoms with Crippen LogP contribution in [-0.4, -0.2) is 23.8 Å². The van der Waals surface area contributed by atoms with Crippen LogP contribution in [0.2, 0.25) is 5.02 Å². The SMILES string of the molecule is CC(CO)NC(=O)Nc1cc(Br)c(F)cc1Cl. The topological polar surface area (TPSA) is 61.4 Å². The lowest BCUT2D eigenvalue weighted by atomic mass is 10.3. The molecule has 0 heterocycles. The summed E-state index contributed by atoms with van der Waals surface area (Å²) < 4.78 is 13.3. The number of rotatable bonds is 3.